The number of hydrogen-bond acceptors (Lipinski definition) is 8. The van der Waals surface area contributed by atoms with E-state index in [1.165, 1.54) is 30.0 Å². The van der Waals surface area contributed by atoms with Crippen LogP contribution in [0.15, 0.2) is 47.6 Å². The van der Waals surface area contributed by atoms with Crippen LogP contribution >= 0.6 is 23.4 Å². The van der Waals surface area contributed by atoms with Crippen LogP contribution in [0.5, 0.6) is 5.75 Å². The zero-order valence-electron chi connectivity index (χ0n) is 14.4. The van der Waals surface area contributed by atoms with Gasteiger partial charge in [0.15, 0.2) is 0 Å². The molecule has 12 heteroatoms. The molecule has 0 atom stereocenters. The van der Waals surface area contributed by atoms with Crippen molar-refractivity contribution in [3.8, 4) is 11.4 Å². The number of non-ortho nitro benzene ring substituents is 1. The summed E-state index contributed by atoms with van der Waals surface area (Å²) in [6.45, 7) is 0. The van der Waals surface area contributed by atoms with Crippen LogP contribution in [0.2, 0.25) is 5.02 Å². The third-order valence-electron chi connectivity index (χ3n) is 3.51. The van der Waals surface area contributed by atoms with Crippen molar-refractivity contribution in [2.24, 2.45) is 0 Å². The topological polar surface area (TPSA) is 125 Å². The average molecular weight is 421 g/mol. The summed E-state index contributed by atoms with van der Waals surface area (Å²) in [5, 5.41) is 25.9. The summed E-state index contributed by atoms with van der Waals surface area (Å²) >= 11 is 7.01. The van der Waals surface area contributed by atoms with Crippen LogP contribution in [0, 0.1) is 10.1 Å². The number of tetrazole rings is 1. The van der Waals surface area contributed by atoms with E-state index >= 15 is 0 Å². The number of benzene rings is 2. The number of nitrogens with one attached hydrogen (secondary N) is 1. The third kappa shape index (κ3) is 4.56. The normalized spacial score (nSPS) is 10.5. The highest BCUT2D eigenvalue weighted by Crippen LogP contribution is 2.29. The molecule has 1 N–H and O–H groups in total. The first-order valence-corrected chi connectivity index (χ1v) is 9.13. The van der Waals surface area contributed by atoms with Crippen molar-refractivity contribution in [2.45, 2.75) is 5.16 Å². The molecular formula is C16H13ClN6O4S. The van der Waals surface area contributed by atoms with Crippen LogP contribution in [-0.2, 0) is 4.79 Å². The molecule has 1 heterocycles. The minimum Gasteiger partial charge on any atom is -0.494 e. The zero-order chi connectivity index (χ0) is 20.1. The van der Waals surface area contributed by atoms with E-state index in [0.717, 1.165) is 11.8 Å². The van der Waals surface area contributed by atoms with E-state index in [1.54, 1.807) is 24.3 Å². The number of nitro groups is 1. The Hall–Kier alpha value is -3.18. The number of thioether (sulfide) groups is 1. The number of nitro benzene ring substituents is 1. The van der Waals surface area contributed by atoms with Crippen molar-refractivity contribution < 1.29 is 14.5 Å². The molecule has 3 rings (SSSR count). The highest BCUT2D eigenvalue weighted by atomic mass is 35.5. The lowest BCUT2D eigenvalue weighted by Crippen LogP contribution is -2.15. The van der Waals surface area contributed by atoms with Gasteiger partial charge in [0.25, 0.3) is 5.69 Å². The standard InChI is InChI=1S/C16H13ClN6O4S/c1-27-14-8-12(23(25)26)6-7-13(14)18-15(24)9-28-16-19-20-21-22(16)11-4-2-10(17)3-5-11/h2-8H,9H2,1H3,(H,18,24). The van der Waals surface area contributed by atoms with E-state index in [-0.39, 0.29) is 23.1 Å². The SMILES string of the molecule is COc1cc([N+](=O)[O-])ccc1NC(=O)CSc1nnnn1-c1ccc(Cl)cc1. The lowest BCUT2D eigenvalue weighted by Gasteiger charge is -2.10. The molecule has 144 valence electrons. The molecule has 28 heavy (non-hydrogen) atoms. The van der Waals surface area contributed by atoms with Crippen molar-refractivity contribution in [1.82, 2.24) is 20.2 Å². The Morgan fingerprint density at radius 3 is 2.75 bits per heavy atom. The van der Waals surface area contributed by atoms with Crippen molar-refractivity contribution in [3.05, 3.63) is 57.6 Å². The summed E-state index contributed by atoms with van der Waals surface area (Å²) in [5.74, 6) is -0.130. The van der Waals surface area contributed by atoms with Gasteiger partial charge in [0.1, 0.15) is 5.75 Å². The molecule has 0 aliphatic rings. The van der Waals surface area contributed by atoms with Crippen molar-refractivity contribution in [1.29, 1.82) is 0 Å². The molecule has 10 nitrogen and oxygen atoms in total. The number of hydrogen-bond donors (Lipinski definition) is 1. The molecule has 3 aromatic rings. The van der Waals surface area contributed by atoms with E-state index in [4.69, 9.17) is 16.3 Å². The molecule has 0 unspecified atom stereocenters. The molecule has 0 aliphatic heterocycles. The summed E-state index contributed by atoms with van der Waals surface area (Å²) < 4.78 is 6.59. The second-order valence-corrected chi connectivity index (χ2v) is 6.71. The number of anilines is 1. The van der Waals surface area contributed by atoms with Gasteiger partial charge < -0.3 is 10.1 Å². The van der Waals surface area contributed by atoms with E-state index in [0.29, 0.717) is 21.6 Å². The predicted octanol–water partition coefficient (Wildman–Crippen LogP) is 2.96. The molecule has 0 spiro atoms. The fraction of sp³-hybridized carbons (Fsp3) is 0.125. The lowest BCUT2D eigenvalue weighted by molar-refractivity contribution is -0.384. The van der Waals surface area contributed by atoms with E-state index in [2.05, 4.69) is 20.8 Å². The second-order valence-electron chi connectivity index (χ2n) is 5.33. The molecule has 1 aromatic heterocycles. The van der Waals surface area contributed by atoms with Gasteiger partial charge in [-0.2, -0.15) is 4.68 Å². The first-order chi connectivity index (χ1) is 13.5. The summed E-state index contributed by atoms with van der Waals surface area (Å²) in [5.41, 5.74) is 0.900. The van der Waals surface area contributed by atoms with E-state index in [9.17, 15) is 14.9 Å². The van der Waals surface area contributed by atoms with Crippen LogP contribution < -0.4 is 10.1 Å². The maximum absolute atomic E-state index is 12.3. The second kappa shape index (κ2) is 8.67. The van der Waals surface area contributed by atoms with Gasteiger partial charge in [0.05, 0.1) is 35.2 Å². The van der Waals surface area contributed by atoms with Gasteiger partial charge in [0, 0.05) is 11.1 Å². The molecule has 0 bridgehead atoms. The minimum atomic E-state index is -0.541. The largest absolute Gasteiger partial charge is 0.494 e. The highest BCUT2D eigenvalue weighted by Gasteiger charge is 2.15. The Kier molecular flexibility index (Phi) is 6.06. The number of carbonyl (C=O) groups is 1. The van der Waals surface area contributed by atoms with E-state index < -0.39 is 4.92 Å². The smallest absolute Gasteiger partial charge is 0.273 e. The molecule has 0 fully saturated rings. The van der Waals surface area contributed by atoms with Gasteiger partial charge in [-0.05, 0) is 40.8 Å². The Morgan fingerprint density at radius 2 is 2.07 bits per heavy atom. The van der Waals surface area contributed by atoms with Crippen LogP contribution in [0.3, 0.4) is 0 Å². The number of halogens is 1. The number of methoxy groups -OCH3 is 1. The van der Waals surface area contributed by atoms with Crippen LogP contribution in [-0.4, -0.2) is 43.9 Å². The monoisotopic (exact) mass is 420 g/mol. The average Bonchev–Trinajstić information content (AvgIpc) is 3.15. The minimum absolute atomic E-state index is 0.0219. The maximum Gasteiger partial charge on any atom is 0.273 e. The van der Waals surface area contributed by atoms with Crippen molar-refractivity contribution in [2.75, 3.05) is 18.2 Å². The molecule has 0 radical (unpaired) electrons. The molecule has 1 amide bonds. The van der Waals surface area contributed by atoms with Gasteiger partial charge >= 0.3 is 0 Å². The van der Waals surface area contributed by atoms with Gasteiger partial charge in [-0.25, -0.2) is 0 Å². The molecule has 0 saturated heterocycles. The van der Waals surface area contributed by atoms with Crippen LogP contribution in [0.25, 0.3) is 5.69 Å². The number of rotatable bonds is 7. The van der Waals surface area contributed by atoms with Gasteiger partial charge in [0.2, 0.25) is 11.1 Å². The van der Waals surface area contributed by atoms with Gasteiger partial charge in [-0.1, -0.05) is 23.4 Å². The Bertz CT molecular complexity index is 1010. The molecule has 0 aliphatic carbocycles. The Morgan fingerprint density at radius 1 is 1.32 bits per heavy atom. The first kappa shape index (κ1) is 19.6. The summed E-state index contributed by atoms with van der Waals surface area (Å²) in [6.07, 6.45) is 0. The molecule has 2 aromatic carbocycles. The lowest BCUT2D eigenvalue weighted by atomic mass is 10.2. The predicted molar refractivity (Wildman–Crippen MR) is 103 cm³/mol. The molecular weight excluding hydrogens is 408 g/mol. The van der Waals surface area contributed by atoms with Crippen molar-refractivity contribution in [3.63, 3.8) is 0 Å². The summed E-state index contributed by atoms with van der Waals surface area (Å²) in [6, 6.07) is 10.9. The summed E-state index contributed by atoms with van der Waals surface area (Å²) in [4.78, 5) is 22.6. The quantitative estimate of drug-likeness (QED) is 0.351. The van der Waals surface area contributed by atoms with Gasteiger partial charge in [-0.3, -0.25) is 14.9 Å². The highest BCUT2D eigenvalue weighted by molar-refractivity contribution is 7.99. The zero-order valence-corrected chi connectivity index (χ0v) is 16.0. The number of amides is 1. The van der Waals surface area contributed by atoms with Gasteiger partial charge in [-0.15, -0.1) is 5.10 Å². The number of ether oxygens (including phenoxy) is 1. The molecule has 0 saturated carbocycles. The fourth-order valence-corrected chi connectivity index (χ4v) is 3.04. The first-order valence-electron chi connectivity index (χ1n) is 7.77. The van der Waals surface area contributed by atoms with Crippen LogP contribution in [0.1, 0.15) is 0 Å². The number of carbonyl (C=O) groups excluding carboxylic acids is 1. The maximum atomic E-state index is 12.3. The van der Waals surface area contributed by atoms with E-state index in [1.807, 2.05) is 0 Å². The third-order valence-corrected chi connectivity index (χ3v) is 4.69. The number of nitrogens with zero attached hydrogens (tertiary/aromatic N) is 5. The Labute approximate surface area is 168 Å². The number of aromatic nitrogens is 4. The van der Waals surface area contributed by atoms with Crippen molar-refractivity contribution >= 4 is 40.6 Å². The summed E-state index contributed by atoms with van der Waals surface area (Å²) in [7, 11) is 1.36. The Balaban J connectivity index is 1.67. The van der Waals surface area contributed by atoms with Crippen LogP contribution in [0.4, 0.5) is 11.4 Å². The fourth-order valence-electron chi connectivity index (χ4n) is 2.23.